The van der Waals surface area contributed by atoms with Crippen molar-refractivity contribution in [1.82, 2.24) is 5.32 Å². The van der Waals surface area contributed by atoms with E-state index in [9.17, 15) is 5.11 Å². The van der Waals surface area contributed by atoms with Gasteiger partial charge >= 0.3 is 0 Å². The molecular formula is C15H23NO2. The molecule has 0 saturated heterocycles. The van der Waals surface area contributed by atoms with Gasteiger partial charge in [0.2, 0.25) is 0 Å². The first-order valence-corrected chi connectivity index (χ1v) is 7.22. The SMILES string of the molecule is CC1CC1c1ccc(CNC2CCC(O)CC2)o1. The van der Waals surface area contributed by atoms with Crippen LogP contribution in [0.4, 0.5) is 0 Å². The molecule has 2 fully saturated rings. The lowest BCUT2D eigenvalue weighted by Gasteiger charge is -2.25. The van der Waals surface area contributed by atoms with Gasteiger partial charge in [-0.2, -0.15) is 0 Å². The van der Waals surface area contributed by atoms with Gasteiger partial charge in [-0.05, 0) is 50.2 Å². The highest BCUT2D eigenvalue weighted by Gasteiger charge is 2.36. The van der Waals surface area contributed by atoms with E-state index in [4.69, 9.17) is 4.42 Å². The number of hydrogen-bond donors (Lipinski definition) is 2. The van der Waals surface area contributed by atoms with Crippen LogP contribution in [0, 0.1) is 5.92 Å². The molecule has 18 heavy (non-hydrogen) atoms. The molecule has 0 spiro atoms. The number of aliphatic hydroxyl groups is 1. The average Bonchev–Trinajstić information content (AvgIpc) is 2.92. The number of furan rings is 1. The maximum Gasteiger partial charge on any atom is 0.117 e. The van der Waals surface area contributed by atoms with E-state index in [1.54, 1.807) is 0 Å². The molecule has 100 valence electrons. The third kappa shape index (κ3) is 2.78. The van der Waals surface area contributed by atoms with Crippen LogP contribution in [-0.2, 0) is 6.54 Å². The van der Waals surface area contributed by atoms with Gasteiger partial charge in [0.05, 0.1) is 12.6 Å². The van der Waals surface area contributed by atoms with Crippen molar-refractivity contribution < 1.29 is 9.52 Å². The van der Waals surface area contributed by atoms with Crippen LogP contribution < -0.4 is 5.32 Å². The summed E-state index contributed by atoms with van der Waals surface area (Å²) in [7, 11) is 0. The lowest BCUT2D eigenvalue weighted by molar-refractivity contribution is 0.116. The fraction of sp³-hybridized carbons (Fsp3) is 0.733. The number of aliphatic hydroxyl groups excluding tert-OH is 1. The highest BCUT2D eigenvalue weighted by atomic mass is 16.3. The van der Waals surface area contributed by atoms with Crippen LogP contribution in [0.3, 0.4) is 0 Å². The fourth-order valence-electron chi connectivity index (χ4n) is 2.93. The first-order valence-electron chi connectivity index (χ1n) is 7.22. The summed E-state index contributed by atoms with van der Waals surface area (Å²) in [6.45, 7) is 3.10. The van der Waals surface area contributed by atoms with Gasteiger partial charge in [0.1, 0.15) is 11.5 Å². The minimum atomic E-state index is -0.0744. The molecular weight excluding hydrogens is 226 g/mol. The summed E-state index contributed by atoms with van der Waals surface area (Å²) in [4.78, 5) is 0. The van der Waals surface area contributed by atoms with Crippen molar-refractivity contribution in [2.75, 3.05) is 0 Å². The molecule has 0 radical (unpaired) electrons. The lowest BCUT2D eigenvalue weighted by Crippen LogP contribution is -2.34. The zero-order valence-electron chi connectivity index (χ0n) is 11.1. The third-order valence-electron chi connectivity index (χ3n) is 4.42. The molecule has 1 heterocycles. The monoisotopic (exact) mass is 249 g/mol. The molecule has 2 atom stereocenters. The Hall–Kier alpha value is -0.800. The zero-order valence-corrected chi connectivity index (χ0v) is 11.1. The second-order valence-corrected chi connectivity index (χ2v) is 6.01. The maximum atomic E-state index is 9.46. The summed E-state index contributed by atoms with van der Waals surface area (Å²) in [5.41, 5.74) is 0. The van der Waals surface area contributed by atoms with Crippen molar-refractivity contribution in [2.24, 2.45) is 5.92 Å². The Morgan fingerprint density at radius 1 is 1.28 bits per heavy atom. The van der Waals surface area contributed by atoms with E-state index < -0.39 is 0 Å². The summed E-state index contributed by atoms with van der Waals surface area (Å²) in [5.74, 6) is 3.69. The van der Waals surface area contributed by atoms with E-state index in [1.807, 2.05) is 0 Å². The molecule has 2 saturated carbocycles. The van der Waals surface area contributed by atoms with Gasteiger partial charge in [-0.3, -0.25) is 0 Å². The van der Waals surface area contributed by atoms with Gasteiger partial charge in [0.15, 0.2) is 0 Å². The molecule has 3 nitrogen and oxygen atoms in total. The molecule has 0 aromatic carbocycles. The van der Waals surface area contributed by atoms with Gasteiger partial charge in [0.25, 0.3) is 0 Å². The van der Waals surface area contributed by atoms with Crippen molar-refractivity contribution in [2.45, 2.75) is 63.6 Å². The zero-order chi connectivity index (χ0) is 12.5. The summed E-state index contributed by atoms with van der Waals surface area (Å²) in [5, 5.41) is 13.0. The lowest BCUT2D eigenvalue weighted by atomic mass is 9.93. The minimum Gasteiger partial charge on any atom is -0.464 e. The number of rotatable bonds is 4. The maximum absolute atomic E-state index is 9.46. The molecule has 2 aliphatic rings. The van der Waals surface area contributed by atoms with E-state index in [0.717, 1.165) is 43.9 Å². The number of nitrogens with one attached hydrogen (secondary N) is 1. The Bertz CT molecular complexity index is 393. The Morgan fingerprint density at radius 3 is 2.67 bits per heavy atom. The Morgan fingerprint density at radius 2 is 2.00 bits per heavy atom. The second kappa shape index (κ2) is 5.06. The third-order valence-corrected chi connectivity index (χ3v) is 4.42. The minimum absolute atomic E-state index is 0.0744. The predicted octanol–water partition coefficient (Wildman–Crippen LogP) is 2.80. The van der Waals surface area contributed by atoms with Gasteiger partial charge in [0, 0.05) is 12.0 Å². The van der Waals surface area contributed by atoms with Crippen molar-refractivity contribution in [3.8, 4) is 0 Å². The average molecular weight is 249 g/mol. The number of hydrogen-bond acceptors (Lipinski definition) is 3. The second-order valence-electron chi connectivity index (χ2n) is 6.01. The van der Waals surface area contributed by atoms with E-state index in [2.05, 4.69) is 24.4 Å². The van der Waals surface area contributed by atoms with Gasteiger partial charge < -0.3 is 14.8 Å². The van der Waals surface area contributed by atoms with E-state index in [0.29, 0.717) is 12.0 Å². The van der Waals surface area contributed by atoms with Gasteiger partial charge in [-0.25, -0.2) is 0 Å². The Labute approximate surface area is 109 Å². The summed E-state index contributed by atoms with van der Waals surface area (Å²) in [6, 6.07) is 4.78. The van der Waals surface area contributed by atoms with Gasteiger partial charge in [-0.15, -0.1) is 0 Å². The van der Waals surface area contributed by atoms with Crippen molar-refractivity contribution in [3.05, 3.63) is 23.7 Å². The van der Waals surface area contributed by atoms with Crippen LogP contribution in [0.25, 0.3) is 0 Å². The first-order chi connectivity index (χ1) is 8.72. The molecule has 1 aromatic heterocycles. The summed E-state index contributed by atoms with van der Waals surface area (Å²) in [6.07, 6.45) is 5.22. The van der Waals surface area contributed by atoms with Gasteiger partial charge in [-0.1, -0.05) is 6.92 Å². The largest absolute Gasteiger partial charge is 0.464 e. The van der Waals surface area contributed by atoms with Crippen LogP contribution in [0.5, 0.6) is 0 Å². The quantitative estimate of drug-likeness (QED) is 0.862. The molecule has 3 rings (SSSR count). The van der Waals surface area contributed by atoms with Crippen LogP contribution in [0.15, 0.2) is 16.5 Å². The normalized spacial score (nSPS) is 35.7. The molecule has 0 amide bonds. The molecule has 2 unspecified atom stereocenters. The smallest absolute Gasteiger partial charge is 0.117 e. The Kier molecular flexibility index (Phi) is 3.44. The topological polar surface area (TPSA) is 45.4 Å². The molecule has 2 N–H and O–H groups in total. The summed E-state index contributed by atoms with van der Waals surface area (Å²) < 4.78 is 5.88. The molecule has 2 aliphatic carbocycles. The van der Waals surface area contributed by atoms with E-state index in [1.165, 1.54) is 12.2 Å². The molecule has 0 aliphatic heterocycles. The van der Waals surface area contributed by atoms with E-state index >= 15 is 0 Å². The van der Waals surface area contributed by atoms with E-state index in [-0.39, 0.29) is 6.10 Å². The van der Waals surface area contributed by atoms with Crippen molar-refractivity contribution in [3.63, 3.8) is 0 Å². The van der Waals surface area contributed by atoms with Crippen LogP contribution >= 0.6 is 0 Å². The summed E-state index contributed by atoms with van der Waals surface area (Å²) >= 11 is 0. The van der Waals surface area contributed by atoms with Crippen LogP contribution in [-0.4, -0.2) is 17.3 Å². The fourth-order valence-corrected chi connectivity index (χ4v) is 2.93. The van der Waals surface area contributed by atoms with Crippen LogP contribution in [0.1, 0.15) is 56.5 Å². The van der Waals surface area contributed by atoms with Crippen LogP contribution in [0.2, 0.25) is 0 Å². The molecule has 3 heteroatoms. The van der Waals surface area contributed by atoms with Crippen molar-refractivity contribution >= 4 is 0 Å². The standard InChI is InChI=1S/C15H23NO2/c1-10-8-14(10)15-7-6-13(18-15)9-16-11-2-4-12(17)5-3-11/h6-7,10-12,14,16-17H,2-5,8-9H2,1H3. The Balaban J connectivity index is 1.46. The highest BCUT2D eigenvalue weighted by Crippen LogP contribution is 2.47. The predicted molar refractivity (Wildman–Crippen MR) is 70.3 cm³/mol. The highest BCUT2D eigenvalue weighted by molar-refractivity contribution is 5.17. The molecule has 1 aromatic rings. The van der Waals surface area contributed by atoms with Crippen molar-refractivity contribution in [1.29, 1.82) is 0 Å². The molecule has 0 bridgehead atoms. The first kappa shape index (κ1) is 12.2.